The topological polar surface area (TPSA) is 246 Å². The molecule has 3 N–H and O–H groups in total. The number of rotatable bonds is 27. The van der Waals surface area contributed by atoms with Crippen LogP contribution in [0.4, 0.5) is 4.39 Å². The molecule has 80 heavy (non-hydrogen) atoms. The number of unbranched alkanes of at least 4 members (excludes halogenated alkanes) is 2. The number of halogens is 1. The third kappa shape index (κ3) is 12.7. The van der Waals surface area contributed by atoms with Crippen molar-refractivity contribution in [2.24, 2.45) is 17.8 Å². The number of aryl methyl sites for hydroxylation is 1. The Balaban J connectivity index is 0.839. The van der Waals surface area contributed by atoms with Crippen molar-refractivity contribution in [3.8, 4) is 11.4 Å². The molecule has 0 fully saturated rings. The number of hydrogen-bond donors (Lipinski definition) is 4. The van der Waals surface area contributed by atoms with Crippen molar-refractivity contribution in [3.05, 3.63) is 110 Å². The maximum absolute atomic E-state index is 15.5. The van der Waals surface area contributed by atoms with E-state index in [1.54, 1.807) is 30.5 Å². The third-order valence-electron chi connectivity index (χ3n) is 16.2. The molecular formula is C60H69FN6O12S. The highest BCUT2D eigenvalue weighted by Gasteiger charge is 2.44. The molecule has 5 amide bonds. The van der Waals surface area contributed by atoms with Gasteiger partial charge in [0.25, 0.3) is 17.4 Å². The second-order valence-electron chi connectivity index (χ2n) is 21.9. The highest BCUT2D eigenvalue weighted by Crippen LogP contribution is 2.46. The summed E-state index contributed by atoms with van der Waals surface area (Å²) >= 11 is 4.36. The molecule has 2 aromatic heterocycles. The number of nitrogens with one attached hydrogen (secondary N) is 3. The number of imide groups is 1. The quantitative estimate of drug-likeness (QED) is 0.0212. The number of carbonyl (C=O) groups excluding carboxylic acids is 9. The number of ether oxygens (including phenoxy) is 2. The van der Waals surface area contributed by atoms with E-state index in [0.717, 1.165) is 21.6 Å². The fourth-order valence-corrected chi connectivity index (χ4v) is 11.6. The minimum absolute atomic E-state index is 0.0448. The van der Waals surface area contributed by atoms with E-state index in [9.17, 15) is 47.9 Å². The van der Waals surface area contributed by atoms with Crippen LogP contribution in [-0.2, 0) is 84.0 Å². The smallest absolute Gasteiger partial charge is 0.316 e. The summed E-state index contributed by atoms with van der Waals surface area (Å²) in [6, 6.07) is 10.6. The van der Waals surface area contributed by atoms with E-state index in [1.807, 2.05) is 45.0 Å². The maximum atomic E-state index is 15.5. The number of ketones is 3. The van der Waals surface area contributed by atoms with Gasteiger partial charge in [0, 0.05) is 79.0 Å². The number of esters is 1. The van der Waals surface area contributed by atoms with E-state index in [-0.39, 0.29) is 106 Å². The van der Waals surface area contributed by atoms with Crippen LogP contribution in [0.25, 0.3) is 22.3 Å². The second kappa shape index (κ2) is 25.5. The number of hydrogen-bond acceptors (Lipinski definition) is 14. The largest absolute Gasteiger partial charge is 0.460 e. The lowest BCUT2D eigenvalue weighted by molar-refractivity contribution is -0.153. The first-order valence-corrected chi connectivity index (χ1v) is 28.2. The molecule has 5 atom stereocenters. The fraction of sp³-hybridized carbons (Fsp3) is 0.483. The summed E-state index contributed by atoms with van der Waals surface area (Å²) in [4.78, 5) is 138. The number of cyclic esters (lactones) is 1. The van der Waals surface area contributed by atoms with Crippen LogP contribution in [0.5, 0.6) is 0 Å². The molecule has 20 heteroatoms. The average Bonchev–Trinajstić information content (AvgIpc) is 3.97. The molecule has 4 aromatic rings. The Labute approximate surface area is 468 Å². The van der Waals surface area contributed by atoms with Gasteiger partial charge >= 0.3 is 5.97 Å². The predicted molar refractivity (Wildman–Crippen MR) is 297 cm³/mol. The molecule has 5 heterocycles. The van der Waals surface area contributed by atoms with Gasteiger partial charge in [-0.15, -0.1) is 0 Å². The molecule has 0 bridgehead atoms. The molecule has 3 aliphatic heterocycles. The zero-order chi connectivity index (χ0) is 57.6. The van der Waals surface area contributed by atoms with Crippen molar-refractivity contribution in [1.82, 2.24) is 30.4 Å². The summed E-state index contributed by atoms with van der Waals surface area (Å²) < 4.78 is 28.2. The lowest BCUT2D eigenvalue weighted by Crippen LogP contribution is -2.47. The third-order valence-corrected chi connectivity index (χ3v) is 16.6. The first kappa shape index (κ1) is 58.9. The number of benzene rings is 2. The normalized spacial score (nSPS) is 18.1. The van der Waals surface area contributed by atoms with Crippen LogP contribution in [-0.4, -0.2) is 105 Å². The number of Topliss-reactive ketones (excluding diaryl/α,β-unsaturated/α-hetero) is 3. The molecule has 2 aromatic carbocycles. The summed E-state index contributed by atoms with van der Waals surface area (Å²) in [5, 5.41) is 9.22. The monoisotopic (exact) mass is 1120 g/mol. The number of fused-ring (bicyclic) bond motifs is 5. The van der Waals surface area contributed by atoms with Crippen molar-refractivity contribution in [1.29, 1.82) is 0 Å². The second-order valence-corrected chi connectivity index (χ2v) is 22.2. The van der Waals surface area contributed by atoms with Crippen molar-refractivity contribution in [3.63, 3.8) is 0 Å². The summed E-state index contributed by atoms with van der Waals surface area (Å²) in [5.74, 6) is -6.00. The Morgan fingerprint density at radius 1 is 0.925 bits per heavy atom. The first-order chi connectivity index (χ1) is 38.2. The molecule has 8 rings (SSSR count). The van der Waals surface area contributed by atoms with Crippen LogP contribution in [0, 0.1) is 30.5 Å². The van der Waals surface area contributed by atoms with E-state index < -0.39 is 71.2 Å². The number of carbonyl (C=O) groups is 9. The van der Waals surface area contributed by atoms with Gasteiger partial charge in [0.05, 0.1) is 59.7 Å². The van der Waals surface area contributed by atoms with Crippen LogP contribution in [0.3, 0.4) is 0 Å². The summed E-state index contributed by atoms with van der Waals surface area (Å²) in [5.41, 5.74) is 4.44. The first-order valence-electron chi connectivity index (χ1n) is 27.5. The van der Waals surface area contributed by atoms with Crippen LogP contribution in [0.2, 0.25) is 0 Å². The van der Waals surface area contributed by atoms with E-state index in [1.165, 1.54) is 18.2 Å². The zero-order valence-electron chi connectivity index (χ0n) is 45.9. The van der Waals surface area contributed by atoms with Crippen molar-refractivity contribution in [2.75, 3.05) is 32.1 Å². The van der Waals surface area contributed by atoms with Gasteiger partial charge in [-0.3, -0.25) is 52.8 Å². The van der Waals surface area contributed by atoms with Gasteiger partial charge in [-0.25, -0.2) is 9.37 Å². The Bertz CT molecular complexity index is 3230. The molecule has 0 unspecified atom stereocenters. The van der Waals surface area contributed by atoms with Crippen LogP contribution in [0.15, 0.2) is 59.4 Å². The number of thiol groups is 1. The molecule has 18 nitrogen and oxygen atoms in total. The van der Waals surface area contributed by atoms with Crippen LogP contribution in [0.1, 0.15) is 130 Å². The molecule has 0 saturated heterocycles. The lowest BCUT2D eigenvalue weighted by Gasteiger charge is -2.33. The Morgan fingerprint density at radius 3 is 2.36 bits per heavy atom. The highest BCUT2D eigenvalue weighted by atomic mass is 32.1. The Morgan fingerprint density at radius 2 is 1.66 bits per heavy atom. The van der Waals surface area contributed by atoms with Gasteiger partial charge in [-0.2, -0.15) is 12.6 Å². The Kier molecular flexibility index (Phi) is 18.8. The zero-order valence-corrected chi connectivity index (χ0v) is 46.8. The van der Waals surface area contributed by atoms with Crippen molar-refractivity contribution >= 4 is 76.4 Å². The van der Waals surface area contributed by atoms with Crippen molar-refractivity contribution < 1.29 is 57.0 Å². The van der Waals surface area contributed by atoms with E-state index >= 15 is 4.39 Å². The number of amides is 5. The van der Waals surface area contributed by atoms with E-state index in [0.29, 0.717) is 83.1 Å². The van der Waals surface area contributed by atoms with Gasteiger partial charge in [-0.05, 0) is 92.2 Å². The van der Waals surface area contributed by atoms with Gasteiger partial charge in [0.15, 0.2) is 11.6 Å². The minimum Gasteiger partial charge on any atom is -0.460 e. The molecule has 1 aliphatic carbocycles. The van der Waals surface area contributed by atoms with Gasteiger partial charge < -0.3 is 30.0 Å². The van der Waals surface area contributed by atoms with Gasteiger partial charge in [-0.1, -0.05) is 57.5 Å². The molecule has 4 aliphatic rings. The average molecular weight is 1120 g/mol. The minimum atomic E-state index is -1.07. The number of aromatic nitrogens is 2. The van der Waals surface area contributed by atoms with Gasteiger partial charge in [0.2, 0.25) is 17.7 Å². The summed E-state index contributed by atoms with van der Waals surface area (Å²) in [7, 11) is 0. The molecule has 0 radical (unpaired) electrons. The number of nitrogens with zero attached hydrogens (tertiary/aromatic N) is 3. The summed E-state index contributed by atoms with van der Waals surface area (Å²) in [6.45, 7) is 8.28. The van der Waals surface area contributed by atoms with Gasteiger partial charge in [0.1, 0.15) is 24.8 Å². The molecule has 424 valence electrons. The molecule has 0 spiro atoms. The standard InChI is InChI=1S/C60H69FN6O12S/c1-6-60(5)43-26-48-55-41(29-67(48)58(76)42(43)30-79-59(60)77)54-45(17-16-39-34(4)44(61)27-46(64-55)53(39)54)63-50(71)31-78-22-20-38(69)28-62-56(74)36(23-35-13-9-7-10-14-35)24-49(70)47(32-80)65-57(75)40(33(2)3)25-37(68)15-11-8-12-21-66-51(72)18-19-52(66)73/h7,9-10,13-14,18-19,26-27,33,36,40,45,47,80H,6,8,11-12,15-17,20-25,28-32H2,1-5H3,(H,62,74)(H,63,71)(H,65,75)/t36-,40+,45+,47+,60-/m1/s1. The maximum Gasteiger partial charge on any atom is 0.316 e. The Hall–Kier alpha value is -7.19. The SMILES string of the molecule is CC[C@@]1(C)C(=O)OCc2c1cc1n(c2=O)Cc2c-1nc1cc(F)c(C)c3c1c2[C@@H](NC(=O)COCCC(=O)CNC(=O)[C@@H](CC(=O)[C@H](CS)NC(=O)[C@@H](CC(=O)CCCCCN1C(=O)C=CC1=O)C(C)C)Cc1ccccc1)CC3. The fourth-order valence-electron chi connectivity index (χ4n) is 11.3. The predicted octanol–water partition coefficient (Wildman–Crippen LogP) is 5.74. The van der Waals surface area contributed by atoms with Crippen molar-refractivity contribution in [2.45, 2.75) is 136 Å². The molecule has 0 saturated carbocycles. The van der Waals surface area contributed by atoms with E-state index in [2.05, 4.69) is 28.6 Å². The lowest BCUT2D eigenvalue weighted by atomic mass is 9.76. The highest BCUT2D eigenvalue weighted by molar-refractivity contribution is 7.80. The van der Waals surface area contributed by atoms with E-state index in [4.69, 9.17) is 14.5 Å². The number of pyridine rings is 2. The molecular weight excluding hydrogens is 1050 g/mol. The summed E-state index contributed by atoms with van der Waals surface area (Å²) in [6.07, 6.45) is 5.29. The van der Waals surface area contributed by atoms with Crippen LogP contribution >= 0.6 is 12.6 Å². The van der Waals surface area contributed by atoms with Crippen LogP contribution < -0.4 is 21.5 Å².